The highest BCUT2D eigenvalue weighted by Gasteiger charge is 2.09. The fourth-order valence-electron chi connectivity index (χ4n) is 1.49. The predicted octanol–water partition coefficient (Wildman–Crippen LogP) is 4.89. The molecule has 1 atom stereocenters. The van der Waals surface area contributed by atoms with Crippen LogP contribution in [0.15, 0.2) is 21.1 Å². The molecular weight excluding hydrogens is 358 g/mol. The van der Waals surface area contributed by atoms with E-state index < -0.39 is 0 Å². The number of nitrogens with one attached hydrogen (secondary N) is 1. The first-order chi connectivity index (χ1) is 8.58. The number of hydrogen-bond donors (Lipinski definition) is 1. The van der Waals surface area contributed by atoms with Gasteiger partial charge in [-0.25, -0.2) is 0 Å². The number of benzene rings is 1. The van der Waals surface area contributed by atoms with Gasteiger partial charge in [-0.2, -0.15) is 0 Å². The van der Waals surface area contributed by atoms with Crippen LogP contribution in [0.2, 0.25) is 0 Å². The second-order valence-corrected chi connectivity index (χ2v) is 6.14. The quantitative estimate of drug-likeness (QED) is 0.729. The highest BCUT2D eigenvalue weighted by molar-refractivity contribution is 9.11. The van der Waals surface area contributed by atoms with E-state index in [1.54, 1.807) is 0 Å². The van der Waals surface area contributed by atoms with Crippen molar-refractivity contribution in [3.05, 3.63) is 26.6 Å². The molecule has 0 saturated carbocycles. The van der Waals surface area contributed by atoms with Crippen LogP contribution in [-0.2, 0) is 6.54 Å². The van der Waals surface area contributed by atoms with E-state index in [0.29, 0.717) is 6.04 Å². The van der Waals surface area contributed by atoms with Gasteiger partial charge in [-0.15, -0.1) is 0 Å². The topological polar surface area (TPSA) is 21.3 Å². The fourth-order valence-corrected chi connectivity index (χ4v) is 3.00. The Balaban J connectivity index is 2.73. The van der Waals surface area contributed by atoms with Gasteiger partial charge >= 0.3 is 0 Å². The molecule has 0 bridgehead atoms. The van der Waals surface area contributed by atoms with E-state index in [2.05, 4.69) is 70.1 Å². The van der Waals surface area contributed by atoms with E-state index in [-0.39, 0.29) is 0 Å². The second kappa shape index (κ2) is 8.18. The molecule has 1 N–H and O–H groups in total. The summed E-state index contributed by atoms with van der Waals surface area (Å²) in [6, 6.07) is 4.77. The van der Waals surface area contributed by atoms with E-state index >= 15 is 0 Å². The summed E-state index contributed by atoms with van der Waals surface area (Å²) in [6.07, 6.45) is 2.15. The van der Waals surface area contributed by atoms with Crippen molar-refractivity contribution in [3.8, 4) is 5.75 Å². The molecule has 0 fully saturated rings. The van der Waals surface area contributed by atoms with Crippen molar-refractivity contribution >= 4 is 31.9 Å². The summed E-state index contributed by atoms with van der Waals surface area (Å²) >= 11 is 7.14. The Hall–Kier alpha value is -0.0600. The maximum Gasteiger partial charge on any atom is 0.147 e. The summed E-state index contributed by atoms with van der Waals surface area (Å²) in [4.78, 5) is 0. The third kappa shape index (κ3) is 4.90. The highest BCUT2D eigenvalue weighted by Crippen LogP contribution is 2.34. The molecule has 0 heterocycles. The van der Waals surface area contributed by atoms with Crippen molar-refractivity contribution in [2.45, 2.75) is 46.2 Å². The zero-order valence-corrected chi connectivity index (χ0v) is 14.4. The molecule has 0 aromatic heterocycles. The first-order valence-corrected chi connectivity index (χ1v) is 8.01. The molecule has 18 heavy (non-hydrogen) atoms. The molecule has 1 rings (SSSR count). The molecule has 1 aromatic rings. The third-order valence-electron chi connectivity index (χ3n) is 2.78. The van der Waals surface area contributed by atoms with Crippen LogP contribution in [0.4, 0.5) is 0 Å². The smallest absolute Gasteiger partial charge is 0.147 e. The van der Waals surface area contributed by atoms with Gasteiger partial charge in [-0.05, 0) is 69.3 Å². The normalized spacial score (nSPS) is 12.5. The Labute approximate surface area is 127 Å². The van der Waals surface area contributed by atoms with Crippen LogP contribution in [0, 0.1) is 0 Å². The molecule has 0 aliphatic heterocycles. The van der Waals surface area contributed by atoms with Crippen LogP contribution in [0.25, 0.3) is 0 Å². The Kier molecular flexibility index (Phi) is 7.27. The van der Waals surface area contributed by atoms with Gasteiger partial charge in [0.05, 0.1) is 15.6 Å². The minimum Gasteiger partial charge on any atom is -0.491 e. The Morgan fingerprint density at radius 1 is 1.22 bits per heavy atom. The third-order valence-corrected chi connectivity index (χ3v) is 3.95. The number of hydrogen-bond acceptors (Lipinski definition) is 2. The molecule has 0 aliphatic carbocycles. The Morgan fingerprint density at radius 2 is 1.83 bits per heavy atom. The van der Waals surface area contributed by atoms with Crippen LogP contribution in [0.1, 0.15) is 39.2 Å². The van der Waals surface area contributed by atoms with Gasteiger partial charge in [0.1, 0.15) is 5.75 Å². The maximum atomic E-state index is 5.70. The van der Waals surface area contributed by atoms with E-state index in [4.69, 9.17) is 4.74 Å². The van der Waals surface area contributed by atoms with Gasteiger partial charge in [0.15, 0.2) is 0 Å². The van der Waals surface area contributed by atoms with E-state index in [0.717, 1.165) is 40.7 Å². The summed E-state index contributed by atoms with van der Waals surface area (Å²) in [5, 5.41) is 3.48. The molecule has 0 amide bonds. The standard InChI is InChI=1S/C14H21Br2NO/c1-4-6-18-14-12(15)7-11(8-13(14)16)9-17-10(3)5-2/h7-8,10,17H,4-6,9H2,1-3H3. The van der Waals surface area contributed by atoms with Crippen LogP contribution in [0.5, 0.6) is 5.75 Å². The zero-order valence-electron chi connectivity index (χ0n) is 11.2. The van der Waals surface area contributed by atoms with Crippen LogP contribution >= 0.6 is 31.9 Å². The van der Waals surface area contributed by atoms with Crippen LogP contribution in [-0.4, -0.2) is 12.6 Å². The van der Waals surface area contributed by atoms with Gasteiger partial charge in [0.25, 0.3) is 0 Å². The van der Waals surface area contributed by atoms with Crippen molar-refractivity contribution in [2.75, 3.05) is 6.61 Å². The second-order valence-electron chi connectivity index (χ2n) is 4.43. The van der Waals surface area contributed by atoms with Crippen LogP contribution in [0.3, 0.4) is 0 Å². The van der Waals surface area contributed by atoms with Crippen molar-refractivity contribution in [3.63, 3.8) is 0 Å². The lowest BCUT2D eigenvalue weighted by atomic mass is 10.2. The number of halogens is 2. The molecule has 0 radical (unpaired) electrons. The van der Waals surface area contributed by atoms with Gasteiger partial charge in [-0.1, -0.05) is 13.8 Å². The summed E-state index contributed by atoms with van der Waals surface area (Å²) < 4.78 is 7.72. The van der Waals surface area contributed by atoms with E-state index in [1.807, 2.05) is 0 Å². The Bertz CT molecular complexity index is 359. The summed E-state index contributed by atoms with van der Waals surface area (Å²) in [6.45, 7) is 8.10. The lowest BCUT2D eigenvalue weighted by molar-refractivity contribution is 0.313. The first kappa shape index (κ1) is 16.0. The minimum absolute atomic E-state index is 0.540. The fraction of sp³-hybridized carbons (Fsp3) is 0.571. The van der Waals surface area contributed by atoms with Gasteiger partial charge in [0.2, 0.25) is 0 Å². The molecule has 4 heteroatoms. The number of ether oxygens (including phenoxy) is 1. The average molecular weight is 379 g/mol. The lowest BCUT2D eigenvalue weighted by Gasteiger charge is -2.14. The van der Waals surface area contributed by atoms with Crippen molar-refractivity contribution < 1.29 is 4.74 Å². The predicted molar refractivity (Wildman–Crippen MR) is 84.2 cm³/mol. The van der Waals surface area contributed by atoms with E-state index in [1.165, 1.54) is 5.56 Å². The van der Waals surface area contributed by atoms with E-state index in [9.17, 15) is 0 Å². The van der Waals surface area contributed by atoms with Gasteiger partial charge < -0.3 is 10.1 Å². The molecule has 1 unspecified atom stereocenters. The van der Waals surface area contributed by atoms with Crippen molar-refractivity contribution in [1.29, 1.82) is 0 Å². The largest absolute Gasteiger partial charge is 0.491 e. The Morgan fingerprint density at radius 3 is 2.33 bits per heavy atom. The summed E-state index contributed by atoms with van der Waals surface area (Å²) in [7, 11) is 0. The monoisotopic (exact) mass is 377 g/mol. The van der Waals surface area contributed by atoms with Crippen LogP contribution < -0.4 is 10.1 Å². The summed E-state index contributed by atoms with van der Waals surface area (Å²) in [5.41, 5.74) is 1.25. The van der Waals surface area contributed by atoms with Crippen molar-refractivity contribution in [2.24, 2.45) is 0 Å². The molecular formula is C14H21Br2NO. The summed E-state index contributed by atoms with van der Waals surface area (Å²) in [5.74, 6) is 0.893. The maximum absolute atomic E-state index is 5.70. The van der Waals surface area contributed by atoms with Crippen molar-refractivity contribution in [1.82, 2.24) is 5.32 Å². The van der Waals surface area contributed by atoms with Gasteiger partial charge in [-0.3, -0.25) is 0 Å². The molecule has 0 spiro atoms. The molecule has 2 nitrogen and oxygen atoms in total. The molecule has 102 valence electrons. The highest BCUT2D eigenvalue weighted by atomic mass is 79.9. The lowest BCUT2D eigenvalue weighted by Crippen LogP contribution is -2.24. The SMILES string of the molecule is CCCOc1c(Br)cc(CNC(C)CC)cc1Br. The minimum atomic E-state index is 0.540. The molecule has 0 aliphatic rings. The molecule has 0 saturated heterocycles. The van der Waals surface area contributed by atoms with Gasteiger partial charge in [0, 0.05) is 12.6 Å². The zero-order chi connectivity index (χ0) is 13.5. The molecule has 1 aromatic carbocycles. The number of rotatable bonds is 7. The average Bonchev–Trinajstić information content (AvgIpc) is 2.35. The first-order valence-electron chi connectivity index (χ1n) is 6.42.